The molecule has 2 aliphatic rings. The van der Waals surface area contributed by atoms with Crippen molar-refractivity contribution in [3.63, 3.8) is 0 Å². The highest BCUT2D eigenvalue weighted by molar-refractivity contribution is 8.01. The normalized spacial score (nSPS) is 27.7. The van der Waals surface area contributed by atoms with Crippen molar-refractivity contribution < 1.29 is 9.72 Å². The number of carbonyl (C=O) groups excluding carboxylic acids is 1. The molecule has 2 N–H and O–H groups in total. The molecule has 1 amide bonds. The van der Waals surface area contributed by atoms with Gasteiger partial charge in [0, 0.05) is 28.6 Å². The van der Waals surface area contributed by atoms with Crippen molar-refractivity contribution in [1.29, 1.82) is 0 Å². The van der Waals surface area contributed by atoms with E-state index in [1.54, 1.807) is 35.0 Å². The van der Waals surface area contributed by atoms with Crippen molar-refractivity contribution in [2.75, 3.05) is 0 Å². The number of nitro groups is 1. The Morgan fingerprint density at radius 2 is 2.05 bits per heavy atom. The molecule has 1 aromatic carbocycles. The molecule has 0 saturated carbocycles. The van der Waals surface area contributed by atoms with Crippen molar-refractivity contribution in [2.24, 2.45) is 5.73 Å². The average Bonchev–Trinajstić information content (AvgIpc) is 2.49. The number of β-lactam (4-membered cyclic amide) rings is 1. The molecule has 0 bridgehead atoms. The molecule has 0 aromatic heterocycles. The number of non-ortho nitro benzene ring substituents is 1. The molecular weight excluding hydrogens is 314 g/mol. The summed E-state index contributed by atoms with van der Waals surface area (Å²) in [5, 5.41) is 11.2. The first-order chi connectivity index (χ1) is 9.97. The van der Waals surface area contributed by atoms with Gasteiger partial charge in [-0.05, 0) is 12.0 Å². The first-order valence-electron chi connectivity index (χ1n) is 6.31. The third-order valence-corrected chi connectivity index (χ3v) is 5.60. The van der Waals surface area contributed by atoms with Crippen molar-refractivity contribution >= 4 is 35.0 Å². The molecule has 2 aliphatic heterocycles. The van der Waals surface area contributed by atoms with E-state index in [0.29, 0.717) is 11.5 Å². The summed E-state index contributed by atoms with van der Waals surface area (Å²) in [6.07, 6.45) is 2.29. The zero-order valence-electron chi connectivity index (χ0n) is 10.8. The van der Waals surface area contributed by atoms with E-state index in [0.717, 1.165) is 5.56 Å². The van der Waals surface area contributed by atoms with Gasteiger partial charge in [0.25, 0.3) is 5.69 Å². The van der Waals surface area contributed by atoms with Crippen LogP contribution < -0.4 is 5.73 Å². The average molecular weight is 326 g/mol. The van der Waals surface area contributed by atoms with Gasteiger partial charge in [0.1, 0.15) is 11.4 Å². The number of nitro benzene ring substituents is 1. The Hall–Kier alpha value is -1.57. The van der Waals surface area contributed by atoms with Gasteiger partial charge in [-0.2, -0.15) is 0 Å². The number of carbonyl (C=O) groups is 1. The highest BCUT2D eigenvalue weighted by atomic mass is 35.5. The molecule has 3 atom stereocenters. The summed E-state index contributed by atoms with van der Waals surface area (Å²) in [6, 6.07) is 5.93. The van der Waals surface area contributed by atoms with E-state index in [1.807, 2.05) is 0 Å². The summed E-state index contributed by atoms with van der Waals surface area (Å²) in [5.74, 6) is -0.112. The van der Waals surface area contributed by atoms with Crippen LogP contribution in [0.5, 0.6) is 0 Å². The molecule has 0 aliphatic carbocycles. The molecule has 2 heterocycles. The van der Waals surface area contributed by atoms with E-state index in [2.05, 4.69) is 0 Å². The number of benzene rings is 1. The fourth-order valence-corrected chi connectivity index (χ4v) is 4.09. The van der Waals surface area contributed by atoms with Crippen LogP contribution in [0.3, 0.4) is 0 Å². The van der Waals surface area contributed by atoms with Crippen LogP contribution in [0.15, 0.2) is 35.5 Å². The van der Waals surface area contributed by atoms with Gasteiger partial charge < -0.3 is 10.6 Å². The van der Waals surface area contributed by atoms with E-state index in [9.17, 15) is 14.9 Å². The van der Waals surface area contributed by atoms with Crippen molar-refractivity contribution in [3.05, 3.63) is 51.2 Å². The number of nitrogens with two attached hydrogens (primary N) is 1. The molecule has 6 nitrogen and oxygen atoms in total. The maximum Gasteiger partial charge on any atom is 0.269 e. The molecule has 0 spiro atoms. The van der Waals surface area contributed by atoms with Crippen molar-refractivity contribution in [2.45, 2.75) is 23.1 Å². The monoisotopic (exact) mass is 325 g/mol. The topological polar surface area (TPSA) is 89.5 Å². The second-order valence-electron chi connectivity index (χ2n) is 4.93. The van der Waals surface area contributed by atoms with Crippen LogP contribution in [0.1, 0.15) is 5.56 Å². The van der Waals surface area contributed by atoms with Gasteiger partial charge in [-0.25, -0.2) is 0 Å². The molecule has 110 valence electrons. The second-order valence-corrected chi connectivity index (χ2v) is 6.69. The number of nitrogens with zero attached hydrogens (tertiary/aromatic N) is 2. The van der Waals surface area contributed by atoms with Crippen molar-refractivity contribution in [3.8, 4) is 0 Å². The molecule has 8 heteroatoms. The first-order valence-corrected chi connectivity index (χ1v) is 7.63. The molecule has 0 radical (unpaired) electrons. The number of hydrogen-bond acceptors (Lipinski definition) is 5. The molecule has 1 saturated heterocycles. The Bertz CT molecular complexity index is 634. The van der Waals surface area contributed by atoms with Crippen LogP contribution in [0, 0.1) is 10.1 Å². The Kier molecular flexibility index (Phi) is 3.64. The quantitative estimate of drug-likeness (QED) is 0.520. The molecule has 3 rings (SSSR count). The summed E-state index contributed by atoms with van der Waals surface area (Å²) in [7, 11) is 0. The van der Waals surface area contributed by atoms with E-state index in [4.69, 9.17) is 17.3 Å². The number of rotatable bonds is 3. The number of thioether (sulfide) groups is 1. The minimum absolute atomic E-state index is 0.00789. The van der Waals surface area contributed by atoms with E-state index >= 15 is 0 Å². The predicted molar refractivity (Wildman–Crippen MR) is 80.7 cm³/mol. The van der Waals surface area contributed by atoms with Crippen LogP contribution >= 0.6 is 23.4 Å². The summed E-state index contributed by atoms with van der Waals surface area (Å²) in [6.45, 7) is 0. The Labute approximate surface area is 130 Å². The lowest BCUT2D eigenvalue weighted by atomic mass is 10.1. The highest BCUT2D eigenvalue weighted by Crippen LogP contribution is 2.42. The molecule has 1 fully saturated rings. The smallest absolute Gasteiger partial charge is 0.269 e. The predicted octanol–water partition coefficient (Wildman–Crippen LogP) is 1.83. The van der Waals surface area contributed by atoms with E-state index in [1.165, 1.54) is 12.1 Å². The van der Waals surface area contributed by atoms with Gasteiger partial charge in [0.15, 0.2) is 0 Å². The van der Waals surface area contributed by atoms with Gasteiger partial charge >= 0.3 is 0 Å². The summed E-state index contributed by atoms with van der Waals surface area (Å²) in [4.78, 5) is 23.3. The number of hydrogen-bond donors (Lipinski definition) is 1. The number of amides is 1. The summed E-state index contributed by atoms with van der Waals surface area (Å²) >= 11 is 7.77. The second kappa shape index (κ2) is 5.32. The number of fused-ring (bicyclic) bond motifs is 1. The zero-order valence-corrected chi connectivity index (χ0v) is 12.4. The SMILES string of the molecule is NC1C(=O)N2C=C(Cl)C(Cc3ccc([N+](=O)[O-])cc3)S[C@H]12. The van der Waals surface area contributed by atoms with Crippen molar-refractivity contribution in [1.82, 2.24) is 4.90 Å². The van der Waals surface area contributed by atoms with Crippen LogP contribution in [0.2, 0.25) is 0 Å². The first kappa shape index (κ1) is 14.4. The van der Waals surface area contributed by atoms with E-state index < -0.39 is 11.0 Å². The largest absolute Gasteiger partial charge is 0.317 e. The molecule has 21 heavy (non-hydrogen) atoms. The third kappa shape index (κ3) is 2.52. The van der Waals surface area contributed by atoms with Crippen LogP contribution in [-0.2, 0) is 11.2 Å². The Morgan fingerprint density at radius 3 is 2.67 bits per heavy atom. The van der Waals surface area contributed by atoms with E-state index in [-0.39, 0.29) is 22.2 Å². The third-order valence-electron chi connectivity index (χ3n) is 3.56. The fourth-order valence-electron chi connectivity index (χ4n) is 2.36. The zero-order chi connectivity index (χ0) is 15.1. The number of halogens is 1. The van der Waals surface area contributed by atoms with Crippen LogP contribution in [0.4, 0.5) is 5.69 Å². The lowest BCUT2D eigenvalue weighted by molar-refractivity contribution is -0.384. The lowest BCUT2D eigenvalue weighted by Crippen LogP contribution is -2.66. The summed E-state index contributed by atoms with van der Waals surface area (Å²) in [5.41, 5.74) is 6.79. The van der Waals surface area contributed by atoms with Gasteiger partial charge in [0.2, 0.25) is 5.91 Å². The maximum absolute atomic E-state index is 11.5. The highest BCUT2D eigenvalue weighted by Gasteiger charge is 2.48. The van der Waals surface area contributed by atoms with Crippen LogP contribution in [-0.4, -0.2) is 32.4 Å². The minimum atomic E-state index is -0.477. The van der Waals surface area contributed by atoms with Gasteiger partial charge in [0.05, 0.1) is 4.92 Å². The molecule has 1 aromatic rings. The van der Waals surface area contributed by atoms with Gasteiger partial charge in [-0.1, -0.05) is 23.7 Å². The standard InChI is InChI=1S/C13H12ClN3O3S/c14-9-6-16-12(18)11(15)13(16)21-10(9)5-7-1-3-8(4-2-7)17(19)20/h1-4,6,10-11,13H,5,15H2/t10?,11?,13-/m1/s1. The van der Waals surface area contributed by atoms with Gasteiger partial charge in [-0.15, -0.1) is 11.8 Å². The minimum Gasteiger partial charge on any atom is -0.317 e. The Balaban J connectivity index is 1.73. The van der Waals surface area contributed by atoms with Crippen LogP contribution in [0.25, 0.3) is 0 Å². The lowest BCUT2D eigenvalue weighted by Gasteiger charge is -2.47. The maximum atomic E-state index is 11.5. The molecular formula is C13H12ClN3O3S. The Morgan fingerprint density at radius 1 is 1.38 bits per heavy atom. The molecule has 2 unspecified atom stereocenters. The summed E-state index contributed by atoms with van der Waals surface area (Å²) < 4.78 is 0. The van der Waals surface area contributed by atoms with Gasteiger partial charge in [-0.3, -0.25) is 14.9 Å². The fraction of sp³-hybridized carbons (Fsp3) is 0.308.